The number of fused-ring (bicyclic) bond motifs is 1. The Hall–Kier alpha value is -2.08. The summed E-state index contributed by atoms with van der Waals surface area (Å²) in [5, 5.41) is 2.60. The number of rotatable bonds is 5. The molecule has 0 spiro atoms. The van der Waals surface area contributed by atoms with E-state index in [1.807, 2.05) is 43.7 Å². The van der Waals surface area contributed by atoms with Gasteiger partial charge in [-0.2, -0.15) is 0 Å². The lowest BCUT2D eigenvalue weighted by molar-refractivity contribution is -0.0211. The van der Waals surface area contributed by atoms with E-state index in [-0.39, 0.29) is 5.60 Å². The number of methoxy groups -OCH3 is 1. The number of imidazole rings is 1. The van der Waals surface area contributed by atoms with E-state index in [4.69, 9.17) is 4.74 Å². The molecule has 0 saturated heterocycles. The minimum absolute atomic E-state index is 0.377. The van der Waals surface area contributed by atoms with Crippen molar-refractivity contribution in [2.45, 2.75) is 32.8 Å². The zero-order valence-electron chi connectivity index (χ0n) is 13.8. The zero-order valence-corrected chi connectivity index (χ0v) is 13.8. The molecule has 1 aromatic heterocycles. The largest absolute Gasteiger partial charge is 0.453 e. The van der Waals surface area contributed by atoms with Crippen LogP contribution in [0.3, 0.4) is 0 Å². The van der Waals surface area contributed by atoms with Crippen molar-refractivity contribution in [3.05, 3.63) is 23.8 Å². The van der Waals surface area contributed by atoms with Gasteiger partial charge in [0.1, 0.15) is 0 Å². The number of aromatic nitrogens is 2. The van der Waals surface area contributed by atoms with E-state index >= 15 is 0 Å². The van der Waals surface area contributed by atoms with Gasteiger partial charge in [-0.05, 0) is 38.0 Å². The molecule has 0 aliphatic rings. The highest BCUT2D eigenvalue weighted by molar-refractivity contribution is 5.87. The maximum Gasteiger partial charge on any atom is 0.413 e. The molecule has 22 heavy (non-hydrogen) atoms. The summed E-state index contributed by atoms with van der Waals surface area (Å²) in [5.41, 5.74) is 2.41. The fourth-order valence-electron chi connectivity index (χ4n) is 2.27. The molecule has 1 N–H and O–H groups in total. The van der Waals surface area contributed by atoms with Gasteiger partial charge in [-0.3, -0.25) is 5.32 Å². The quantitative estimate of drug-likeness (QED) is 0.919. The second-order valence-corrected chi connectivity index (χ2v) is 5.67. The van der Waals surface area contributed by atoms with E-state index in [1.54, 1.807) is 0 Å². The maximum atomic E-state index is 11.3. The molecule has 6 heteroatoms. The Labute approximate surface area is 130 Å². The van der Waals surface area contributed by atoms with E-state index in [1.165, 1.54) is 7.11 Å². The van der Waals surface area contributed by atoms with E-state index in [2.05, 4.69) is 22.0 Å². The van der Waals surface area contributed by atoms with Crippen LogP contribution < -0.4 is 5.32 Å². The number of amides is 1. The number of carbonyl (C=O) groups is 1. The Morgan fingerprint density at radius 3 is 2.77 bits per heavy atom. The van der Waals surface area contributed by atoms with Crippen LogP contribution in [0.15, 0.2) is 18.2 Å². The van der Waals surface area contributed by atoms with Crippen LogP contribution in [-0.2, 0) is 22.1 Å². The third kappa shape index (κ3) is 3.22. The second kappa shape index (κ2) is 6.36. The first-order valence-electron chi connectivity index (χ1n) is 7.35. The molecular weight excluding hydrogens is 282 g/mol. The van der Waals surface area contributed by atoms with Crippen molar-refractivity contribution in [3.63, 3.8) is 0 Å². The molecule has 0 aliphatic carbocycles. The van der Waals surface area contributed by atoms with Crippen molar-refractivity contribution in [1.29, 1.82) is 0 Å². The molecule has 0 unspecified atom stereocenters. The van der Waals surface area contributed by atoms with Gasteiger partial charge in [0.15, 0.2) is 0 Å². The van der Waals surface area contributed by atoms with Crippen molar-refractivity contribution >= 4 is 23.1 Å². The highest BCUT2D eigenvalue weighted by Crippen LogP contribution is 2.28. The molecular formula is C16H23N3O3. The standard InChI is InChI=1S/C16H23N3O3/c1-6-9-22-16(2,3)11-7-8-13-12(10-11)17-14(19(13)4)18-15(20)21-5/h7-8,10H,6,9H2,1-5H3,(H,17,18,20). The van der Waals surface area contributed by atoms with E-state index in [9.17, 15) is 4.79 Å². The Bertz CT molecular complexity index is 677. The first-order chi connectivity index (χ1) is 10.4. The number of hydrogen-bond donors (Lipinski definition) is 1. The van der Waals surface area contributed by atoms with Gasteiger partial charge in [0.2, 0.25) is 5.95 Å². The average Bonchev–Trinajstić information content (AvgIpc) is 2.81. The molecule has 120 valence electrons. The predicted molar refractivity (Wildman–Crippen MR) is 86.0 cm³/mol. The summed E-state index contributed by atoms with van der Waals surface area (Å²) >= 11 is 0. The normalized spacial score (nSPS) is 11.7. The third-order valence-corrected chi connectivity index (χ3v) is 3.64. The molecule has 2 rings (SSSR count). The fourth-order valence-corrected chi connectivity index (χ4v) is 2.27. The summed E-state index contributed by atoms with van der Waals surface area (Å²) in [6, 6.07) is 6.01. The van der Waals surface area contributed by atoms with Crippen molar-refractivity contribution < 1.29 is 14.3 Å². The molecule has 1 amide bonds. The maximum absolute atomic E-state index is 11.3. The van der Waals surface area contributed by atoms with Gasteiger partial charge in [-0.1, -0.05) is 13.0 Å². The van der Waals surface area contributed by atoms with Gasteiger partial charge in [-0.15, -0.1) is 0 Å². The van der Waals surface area contributed by atoms with E-state index in [0.29, 0.717) is 12.6 Å². The highest BCUT2D eigenvalue weighted by atomic mass is 16.5. The van der Waals surface area contributed by atoms with Gasteiger partial charge < -0.3 is 14.0 Å². The number of ether oxygens (including phenoxy) is 2. The SMILES string of the molecule is CCCOC(C)(C)c1ccc2c(c1)nc(NC(=O)OC)n2C. The van der Waals surface area contributed by atoms with Gasteiger partial charge in [0.25, 0.3) is 0 Å². The van der Waals surface area contributed by atoms with Gasteiger partial charge in [0, 0.05) is 13.7 Å². The van der Waals surface area contributed by atoms with Crippen molar-refractivity contribution in [3.8, 4) is 0 Å². The van der Waals surface area contributed by atoms with Crippen molar-refractivity contribution in [2.75, 3.05) is 19.0 Å². The average molecular weight is 305 g/mol. The van der Waals surface area contributed by atoms with Crippen LogP contribution in [0.4, 0.5) is 10.7 Å². The summed E-state index contributed by atoms with van der Waals surface area (Å²) in [7, 11) is 3.17. The monoisotopic (exact) mass is 305 g/mol. The summed E-state index contributed by atoms with van der Waals surface area (Å²) < 4.78 is 12.3. The molecule has 0 bridgehead atoms. The first kappa shape index (κ1) is 16.3. The molecule has 0 radical (unpaired) electrons. The number of carbonyl (C=O) groups excluding carboxylic acids is 1. The van der Waals surface area contributed by atoms with Crippen LogP contribution in [0.25, 0.3) is 11.0 Å². The van der Waals surface area contributed by atoms with Crippen LogP contribution in [0, 0.1) is 0 Å². The Kier molecular flexibility index (Phi) is 4.71. The molecule has 6 nitrogen and oxygen atoms in total. The Morgan fingerprint density at radius 2 is 2.14 bits per heavy atom. The van der Waals surface area contributed by atoms with Gasteiger partial charge in [-0.25, -0.2) is 9.78 Å². The summed E-state index contributed by atoms with van der Waals surface area (Å²) in [6.45, 7) is 6.88. The minimum atomic E-state index is -0.537. The molecule has 0 fully saturated rings. The topological polar surface area (TPSA) is 65.4 Å². The highest BCUT2D eigenvalue weighted by Gasteiger charge is 2.22. The fraction of sp³-hybridized carbons (Fsp3) is 0.500. The van der Waals surface area contributed by atoms with Gasteiger partial charge >= 0.3 is 6.09 Å². The van der Waals surface area contributed by atoms with Crippen LogP contribution in [-0.4, -0.2) is 29.4 Å². The number of benzene rings is 1. The lowest BCUT2D eigenvalue weighted by atomic mass is 9.97. The van der Waals surface area contributed by atoms with Crippen LogP contribution >= 0.6 is 0 Å². The molecule has 0 saturated carbocycles. The van der Waals surface area contributed by atoms with Gasteiger partial charge in [0.05, 0.1) is 23.7 Å². The lowest BCUT2D eigenvalue weighted by Gasteiger charge is -2.25. The number of nitrogens with zero attached hydrogens (tertiary/aromatic N) is 2. The number of hydrogen-bond acceptors (Lipinski definition) is 4. The smallest absolute Gasteiger partial charge is 0.413 e. The van der Waals surface area contributed by atoms with Crippen LogP contribution in [0.5, 0.6) is 0 Å². The van der Waals surface area contributed by atoms with Crippen LogP contribution in [0.2, 0.25) is 0 Å². The van der Waals surface area contributed by atoms with E-state index in [0.717, 1.165) is 23.0 Å². The first-order valence-corrected chi connectivity index (χ1v) is 7.35. The van der Waals surface area contributed by atoms with Crippen molar-refractivity contribution in [2.24, 2.45) is 7.05 Å². The molecule has 0 atom stereocenters. The third-order valence-electron chi connectivity index (χ3n) is 3.64. The minimum Gasteiger partial charge on any atom is -0.453 e. The molecule has 0 aliphatic heterocycles. The summed E-state index contributed by atoms with van der Waals surface area (Å²) in [6.07, 6.45) is 0.438. The Balaban J connectivity index is 2.36. The van der Waals surface area contributed by atoms with E-state index < -0.39 is 6.09 Å². The molecule has 1 heterocycles. The number of aryl methyl sites for hydroxylation is 1. The predicted octanol–water partition coefficient (Wildman–Crippen LogP) is 3.41. The second-order valence-electron chi connectivity index (χ2n) is 5.67. The number of nitrogens with one attached hydrogen (secondary N) is 1. The van der Waals surface area contributed by atoms with Crippen LogP contribution in [0.1, 0.15) is 32.8 Å². The zero-order chi connectivity index (χ0) is 16.3. The molecule has 1 aromatic carbocycles. The number of anilines is 1. The van der Waals surface area contributed by atoms with Crippen molar-refractivity contribution in [1.82, 2.24) is 9.55 Å². The summed E-state index contributed by atoms with van der Waals surface area (Å²) in [5.74, 6) is 0.450. The Morgan fingerprint density at radius 1 is 1.41 bits per heavy atom. The lowest BCUT2D eigenvalue weighted by Crippen LogP contribution is -2.22. The molecule has 2 aromatic rings. The summed E-state index contributed by atoms with van der Waals surface area (Å²) in [4.78, 5) is 15.8.